The van der Waals surface area contributed by atoms with Gasteiger partial charge in [0.1, 0.15) is 12.7 Å². The summed E-state index contributed by atoms with van der Waals surface area (Å²) in [5.74, 6) is 0. The van der Waals surface area contributed by atoms with Crippen LogP contribution in [0.15, 0.2) is 0 Å². The monoisotopic (exact) mass is 188 g/mol. The van der Waals surface area contributed by atoms with Crippen molar-refractivity contribution >= 4 is 6.16 Å². The molecule has 1 atom stereocenters. The zero-order chi connectivity index (χ0) is 5.28. The average Bonchev–Trinajstić information content (AvgIpc) is 1.87. The van der Waals surface area contributed by atoms with Gasteiger partial charge in [-0.05, 0) is 6.92 Å². The normalized spacial score (nSPS) is 22.8. The van der Waals surface area contributed by atoms with Crippen LogP contribution in [0.1, 0.15) is 6.92 Å². The Morgan fingerprint density at radius 3 is 2.33 bits per heavy atom. The van der Waals surface area contributed by atoms with Crippen LogP contribution in [0.3, 0.4) is 0 Å². The van der Waals surface area contributed by atoms with Crippen molar-refractivity contribution in [2.75, 3.05) is 6.61 Å². The number of carbonyl (C=O) groups excluding carboxylic acids is 1. The first-order valence-electron chi connectivity index (χ1n) is 2.12. The summed E-state index contributed by atoms with van der Waals surface area (Å²) in [4.78, 5) is 10.0. The Bertz CT molecular complexity index is 97.8. The van der Waals surface area contributed by atoms with E-state index in [1.54, 1.807) is 6.92 Å². The quantitative estimate of drug-likeness (QED) is 0.282. The van der Waals surface area contributed by atoms with Crippen LogP contribution in [0.25, 0.3) is 0 Å². The molecule has 48 valence electrons. The van der Waals surface area contributed by atoms with E-state index in [4.69, 9.17) is 0 Å². The van der Waals surface area contributed by atoms with Crippen molar-refractivity contribution in [2.24, 2.45) is 0 Å². The van der Waals surface area contributed by atoms with E-state index < -0.39 is 6.16 Å². The molecule has 0 aromatic rings. The number of hydrogen-bond acceptors (Lipinski definition) is 3. The Labute approximate surface area is 76.0 Å². The molecule has 0 bridgehead atoms. The molecule has 0 radical (unpaired) electrons. The Balaban J connectivity index is 0. The fourth-order valence-corrected chi connectivity index (χ4v) is 0.418. The topological polar surface area (TPSA) is 35.5 Å². The summed E-state index contributed by atoms with van der Waals surface area (Å²) in [5.41, 5.74) is 0. The van der Waals surface area contributed by atoms with Crippen molar-refractivity contribution < 1.29 is 50.1 Å². The van der Waals surface area contributed by atoms with Crippen LogP contribution in [0.5, 0.6) is 0 Å². The maximum Gasteiger partial charge on any atom is 1.00 e. The SMILES string of the molecule is CC1COC(=O)O1.[Br-].[Li+]. The fourth-order valence-electron chi connectivity index (χ4n) is 0.418. The van der Waals surface area contributed by atoms with Crippen molar-refractivity contribution in [3.63, 3.8) is 0 Å². The molecule has 0 spiro atoms. The number of hydrogen-bond donors (Lipinski definition) is 0. The van der Waals surface area contributed by atoms with Crippen LogP contribution in [0, 0.1) is 0 Å². The summed E-state index contributed by atoms with van der Waals surface area (Å²) >= 11 is 0. The third-order valence-electron chi connectivity index (χ3n) is 0.733. The molecular formula is C4H6BrLiO3. The standard InChI is InChI=1S/C4H6O3.BrH.Li/c1-3-2-6-4(5)7-3;;/h3H,2H2,1H3;1H;/q;;+1/p-1. The summed E-state index contributed by atoms with van der Waals surface area (Å²) < 4.78 is 8.90. The largest absolute Gasteiger partial charge is 1.00 e. The Hall–Kier alpha value is 0.347. The minimum atomic E-state index is -0.549. The number of cyclic esters (lactones) is 2. The molecule has 0 aromatic heterocycles. The molecule has 9 heavy (non-hydrogen) atoms. The number of rotatable bonds is 0. The van der Waals surface area contributed by atoms with Crippen molar-refractivity contribution in [3.8, 4) is 0 Å². The predicted octanol–water partition coefficient (Wildman–Crippen LogP) is -5.45. The van der Waals surface area contributed by atoms with Crippen molar-refractivity contribution in [1.29, 1.82) is 0 Å². The third-order valence-corrected chi connectivity index (χ3v) is 0.733. The molecular weight excluding hydrogens is 183 g/mol. The summed E-state index contributed by atoms with van der Waals surface area (Å²) in [6.45, 7) is 2.18. The molecule has 0 aromatic carbocycles. The predicted molar refractivity (Wildman–Crippen MR) is 21.9 cm³/mol. The second kappa shape index (κ2) is 5.16. The molecule has 1 heterocycles. The van der Waals surface area contributed by atoms with Gasteiger partial charge < -0.3 is 26.5 Å². The second-order valence-electron chi connectivity index (χ2n) is 1.49. The van der Waals surface area contributed by atoms with Crippen LogP contribution in [0.2, 0.25) is 0 Å². The minimum Gasteiger partial charge on any atom is -1.00 e. The molecule has 1 fully saturated rings. The van der Waals surface area contributed by atoms with Gasteiger partial charge in [-0.3, -0.25) is 0 Å². The summed E-state index contributed by atoms with van der Waals surface area (Å²) in [6.07, 6.45) is -0.597. The molecule has 1 aliphatic heterocycles. The smallest absolute Gasteiger partial charge is 1.00 e. The Morgan fingerprint density at radius 1 is 1.67 bits per heavy atom. The van der Waals surface area contributed by atoms with Gasteiger partial charge in [-0.1, -0.05) is 0 Å². The molecule has 5 heteroatoms. The Morgan fingerprint density at radius 2 is 2.22 bits per heavy atom. The van der Waals surface area contributed by atoms with Gasteiger partial charge in [0.25, 0.3) is 0 Å². The van der Waals surface area contributed by atoms with Crippen LogP contribution in [0.4, 0.5) is 4.79 Å². The molecule has 1 saturated heterocycles. The zero-order valence-electron chi connectivity index (χ0n) is 5.39. The molecule has 1 aliphatic rings. The number of carbonyl (C=O) groups is 1. The van der Waals surface area contributed by atoms with Crippen molar-refractivity contribution in [2.45, 2.75) is 13.0 Å². The molecule has 0 amide bonds. The second-order valence-corrected chi connectivity index (χ2v) is 1.49. The summed E-state index contributed by atoms with van der Waals surface area (Å²) in [6, 6.07) is 0. The number of halogens is 1. The van der Waals surface area contributed by atoms with E-state index in [0.717, 1.165) is 0 Å². The first kappa shape index (κ1) is 12.1. The van der Waals surface area contributed by atoms with Gasteiger partial charge in [0, 0.05) is 0 Å². The molecule has 0 saturated carbocycles. The van der Waals surface area contributed by atoms with E-state index in [2.05, 4.69) is 9.47 Å². The molecule has 0 aliphatic carbocycles. The van der Waals surface area contributed by atoms with Crippen molar-refractivity contribution in [1.82, 2.24) is 0 Å². The van der Waals surface area contributed by atoms with Crippen LogP contribution in [-0.2, 0) is 9.47 Å². The first-order chi connectivity index (χ1) is 3.29. The molecule has 0 N–H and O–H groups in total. The summed E-state index contributed by atoms with van der Waals surface area (Å²) in [7, 11) is 0. The molecule has 1 unspecified atom stereocenters. The van der Waals surface area contributed by atoms with E-state index in [1.165, 1.54) is 0 Å². The van der Waals surface area contributed by atoms with Gasteiger partial charge in [0.05, 0.1) is 0 Å². The fraction of sp³-hybridized carbons (Fsp3) is 0.750. The van der Waals surface area contributed by atoms with Gasteiger partial charge in [-0.2, -0.15) is 0 Å². The van der Waals surface area contributed by atoms with Gasteiger partial charge in [0.2, 0.25) is 0 Å². The van der Waals surface area contributed by atoms with E-state index in [1.807, 2.05) is 0 Å². The van der Waals surface area contributed by atoms with Crippen LogP contribution in [-0.4, -0.2) is 18.9 Å². The van der Waals surface area contributed by atoms with Crippen LogP contribution < -0.4 is 35.8 Å². The molecule has 3 nitrogen and oxygen atoms in total. The van der Waals surface area contributed by atoms with Crippen LogP contribution >= 0.6 is 0 Å². The van der Waals surface area contributed by atoms with Gasteiger partial charge in [-0.25, -0.2) is 4.79 Å². The van der Waals surface area contributed by atoms with E-state index in [0.29, 0.717) is 6.61 Å². The zero-order valence-corrected chi connectivity index (χ0v) is 6.97. The van der Waals surface area contributed by atoms with Gasteiger partial charge >= 0.3 is 25.0 Å². The maximum atomic E-state index is 10.0. The van der Waals surface area contributed by atoms with E-state index >= 15 is 0 Å². The van der Waals surface area contributed by atoms with Gasteiger partial charge in [-0.15, -0.1) is 0 Å². The van der Waals surface area contributed by atoms with Gasteiger partial charge in [0.15, 0.2) is 0 Å². The summed E-state index contributed by atoms with van der Waals surface area (Å²) in [5, 5.41) is 0. The Kier molecular flexibility index (Phi) is 6.91. The number of ether oxygens (including phenoxy) is 2. The van der Waals surface area contributed by atoms with E-state index in [-0.39, 0.29) is 41.9 Å². The minimum absolute atomic E-state index is 0. The van der Waals surface area contributed by atoms with E-state index in [9.17, 15) is 4.79 Å². The first-order valence-corrected chi connectivity index (χ1v) is 2.12. The third kappa shape index (κ3) is 3.85. The molecule has 1 rings (SSSR count). The average molecular weight is 189 g/mol. The maximum absolute atomic E-state index is 10.0. The van der Waals surface area contributed by atoms with Crippen molar-refractivity contribution in [3.05, 3.63) is 0 Å².